The van der Waals surface area contributed by atoms with E-state index in [1.54, 1.807) is 13.2 Å². The van der Waals surface area contributed by atoms with E-state index in [4.69, 9.17) is 9.47 Å². The minimum Gasteiger partial charge on any atom is -0.493 e. The third kappa shape index (κ3) is 4.99. The zero-order valence-corrected chi connectivity index (χ0v) is 18.9. The maximum Gasteiger partial charge on any atom is 0.311 e. The number of rotatable bonds is 7. The summed E-state index contributed by atoms with van der Waals surface area (Å²) in [4.78, 5) is 21.5. The molecule has 0 unspecified atom stereocenters. The van der Waals surface area contributed by atoms with Crippen LogP contribution in [0.4, 0.5) is 11.5 Å². The first kappa shape index (κ1) is 22.0. The molecule has 0 bridgehead atoms. The number of aryl methyl sites for hydroxylation is 2. The summed E-state index contributed by atoms with van der Waals surface area (Å²) in [6, 6.07) is 9.88. The van der Waals surface area contributed by atoms with Crippen LogP contribution in [-0.2, 0) is 4.79 Å². The first-order valence-electron chi connectivity index (χ1n) is 11.1. The van der Waals surface area contributed by atoms with Gasteiger partial charge in [-0.15, -0.1) is 0 Å². The number of anilines is 2. The zero-order chi connectivity index (χ0) is 22.5. The van der Waals surface area contributed by atoms with Crippen LogP contribution in [-0.4, -0.2) is 36.1 Å². The lowest BCUT2D eigenvalue weighted by Crippen LogP contribution is -2.28. The zero-order valence-electron chi connectivity index (χ0n) is 18.9. The normalized spacial score (nSPS) is 14.3. The van der Waals surface area contributed by atoms with Gasteiger partial charge in [0.2, 0.25) is 0 Å². The van der Waals surface area contributed by atoms with Crippen molar-refractivity contribution in [1.82, 2.24) is 15.3 Å². The first-order chi connectivity index (χ1) is 15.5. The Morgan fingerprint density at radius 2 is 1.91 bits per heavy atom. The minimum absolute atomic E-state index is 0.242. The van der Waals surface area contributed by atoms with E-state index >= 15 is 0 Å². The highest BCUT2D eigenvalue weighted by Crippen LogP contribution is 2.39. The molecule has 2 aromatic carbocycles. The maximum absolute atomic E-state index is 12.7. The number of methoxy groups -OCH3 is 1. The van der Waals surface area contributed by atoms with Crippen molar-refractivity contribution < 1.29 is 14.3 Å². The molecule has 2 heterocycles. The van der Waals surface area contributed by atoms with Gasteiger partial charge in [0.1, 0.15) is 12.1 Å². The molecule has 7 nitrogen and oxygen atoms in total. The molecule has 0 spiro atoms. The van der Waals surface area contributed by atoms with Crippen molar-refractivity contribution in [3.63, 3.8) is 0 Å². The Balaban J connectivity index is 1.60. The summed E-state index contributed by atoms with van der Waals surface area (Å²) in [7, 11) is 1.57. The second-order valence-corrected chi connectivity index (χ2v) is 8.35. The number of carbonyl (C=O) groups excluding carboxylic acids is 1. The standard InChI is InChI=1S/C25H30N4O3/c1-16-4-7-19(8-5-16)29-25-23-17(2)24(21(31-3)14-20(23)27-15-28-25)32-22(30)9-6-18-10-12-26-13-11-18/h4-5,7-8,14-15,18,26H,6,9-13H2,1-3H3,(H,27,28,29). The summed E-state index contributed by atoms with van der Waals surface area (Å²) in [5.74, 6) is 1.91. The number of piperidine rings is 1. The Hall–Kier alpha value is -3.19. The summed E-state index contributed by atoms with van der Waals surface area (Å²) in [6.45, 7) is 6.00. The lowest BCUT2D eigenvalue weighted by Gasteiger charge is -2.22. The Morgan fingerprint density at radius 1 is 1.16 bits per heavy atom. The van der Waals surface area contributed by atoms with Gasteiger partial charge in [-0.05, 0) is 64.3 Å². The number of ether oxygens (including phenoxy) is 2. The fraction of sp³-hybridized carbons (Fsp3) is 0.400. The number of fused-ring (bicyclic) bond motifs is 1. The van der Waals surface area contributed by atoms with Gasteiger partial charge in [0.05, 0.1) is 12.6 Å². The summed E-state index contributed by atoms with van der Waals surface area (Å²) in [5.41, 5.74) is 3.59. The Labute approximate surface area is 188 Å². The third-order valence-electron chi connectivity index (χ3n) is 6.05. The molecule has 2 N–H and O–H groups in total. The molecule has 168 valence electrons. The summed E-state index contributed by atoms with van der Waals surface area (Å²) < 4.78 is 11.4. The molecule has 0 radical (unpaired) electrons. The van der Waals surface area contributed by atoms with E-state index in [1.807, 2.05) is 38.1 Å². The second-order valence-electron chi connectivity index (χ2n) is 8.35. The molecule has 1 saturated heterocycles. The monoisotopic (exact) mass is 434 g/mol. The van der Waals surface area contributed by atoms with Crippen molar-refractivity contribution in [2.24, 2.45) is 5.92 Å². The number of esters is 1. The quantitative estimate of drug-likeness (QED) is 0.412. The topological polar surface area (TPSA) is 85.4 Å². The fourth-order valence-corrected chi connectivity index (χ4v) is 4.17. The van der Waals surface area contributed by atoms with Gasteiger partial charge in [-0.2, -0.15) is 0 Å². The highest BCUT2D eigenvalue weighted by Gasteiger charge is 2.21. The van der Waals surface area contributed by atoms with Crippen LogP contribution in [0.1, 0.15) is 36.8 Å². The van der Waals surface area contributed by atoms with E-state index in [9.17, 15) is 4.79 Å². The van der Waals surface area contributed by atoms with Crippen molar-refractivity contribution in [3.8, 4) is 11.5 Å². The molecule has 1 aromatic heterocycles. The number of hydrogen-bond donors (Lipinski definition) is 2. The first-order valence-corrected chi connectivity index (χ1v) is 11.1. The second kappa shape index (κ2) is 9.96. The van der Waals surface area contributed by atoms with Gasteiger partial charge >= 0.3 is 5.97 Å². The van der Waals surface area contributed by atoms with Gasteiger partial charge in [-0.25, -0.2) is 9.97 Å². The van der Waals surface area contributed by atoms with Crippen molar-refractivity contribution in [1.29, 1.82) is 0 Å². The predicted octanol–water partition coefficient (Wildman–Crippen LogP) is 4.68. The minimum atomic E-state index is -0.242. The number of hydrogen-bond acceptors (Lipinski definition) is 7. The van der Waals surface area contributed by atoms with Gasteiger partial charge in [-0.1, -0.05) is 17.7 Å². The van der Waals surface area contributed by atoms with Gasteiger partial charge in [0.15, 0.2) is 11.5 Å². The Bertz CT molecular complexity index is 1090. The lowest BCUT2D eigenvalue weighted by molar-refractivity contribution is -0.134. The molecular weight excluding hydrogens is 404 g/mol. The van der Waals surface area contributed by atoms with Crippen LogP contribution in [0.3, 0.4) is 0 Å². The Morgan fingerprint density at radius 3 is 2.62 bits per heavy atom. The molecule has 1 aliphatic rings. The van der Waals surface area contributed by atoms with E-state index < -0.39 is 0 Å². The molecule has 1 fully saturated rings. The SMILES string of the molecule is COc1cc2ncnc(Nc3ccc(C)cc3)c2c(C)c1OC(=O)CCC1CCNCC1. The van der Waals surface area contributed by atoms with Crippen LogP contribution in [0.5, 0.6) is 11.5 Å². The summed E-state index contributed by atoms with van der Waals surface area (Å²) >= 11 is 0. The highest BCUT2D eigenvalue weighted by molar-refractivity contribution is 5.97. The van der Waals surface area contributed by atoms with E-state index in [0.717, 1.165) is 54.5 Å². The van der Waals surface area contributed by atoms with Crippen molar-refractivity contribution in [3.05, 3.63) is 47.8 Å². The fourth-order valence-electron chi connectivity index (χ4n) is 4.17. The molecule has 1 aliphatic heterocycles. The van der Waals surface area contributed by atoms with Gasteiger partial charge in [-0.3, -0.25) is 4.79 Å². The van der Waals surface area contributed by atoms with Crippen LogP contribution in [0.25, 0.3) is 10.9 Å². The van der Waals surface area contributed by atoms with E-state index in [1.165, 1.54) is 11.9 Å². The summed E-state index contributed by atoms with van der Waals surface area (Å²) in [6.07, 6.45) is 4.97. The van der Waals surface area contributed by atoms with E-state index in [-0.39, 0.29) is 5.97 Å². The Kier molecular flexibility index (Phi) is 6.85. The number of aromatic nitrogens is 2. The molecule has 3 aromatic rings. The number of nitrogens with zero attached hydrogens (tertiary/aromatic N) is 2. The average molecular weight is 435 g/mol. The molecule has 0 atom stereocenters. The molecule has 0 amide bonds. The molecule has 32 heavy (non-hydrogen) atoms. The van der Waals surface area contributed by atoms with Crippen molar-refractivity contribution in [2.45, 2.75) is 39.5 Å². The highest BCUT2D eigenvalue weighted by atomic mass is 16.6. The maximum atomic E-state index is 12.7. The molecule has 7 heteroatoms. The molecule has 0 saturated carbocycles. The van der Waals surface area contributed by atoms with Crippen LogP contribution >= 0.6 is 0 Å². The lowest BCUT2D eigenvalue weighted by atomic mass is 9.93. The largest absolute Gasteiger partial charge is 0.493 e. The predicted molar refractivity (Wildman–Crippen MR) is 126 cm³/mol. The molecule has 0 aliphatic carbocycles. The van der Waals surface area contributed by atoms with E-state index in [0.29, 0.717) is 29.7 Å². The van der Waals surface area contributed by atoms with Gasteiger partial charge < -0.3 is 20.1 Å². The third-order valence-corrected chi connectivity index (χ3v) is 6.05. The van der Waals surface area contributed by atoms with Crippen molar-refractivity contribution >= 4 is 28.4 Å². The van der Waals surface area contributed by atoms with Gasteiger partial charge in [0.25, 0.3) is 0 Å². The average Bonchev–Trinajstić information content (AvgIpc) is 2.81. The van der Waals surface area contributed by atoms with Crippen LogP contribution in [0.15, 0.2) is 36.7 Å². The molecule has 4 rings (SSSR count). The van der Waals surface area contributed by atoms with E-state index in [2.05, 4.69) is 20.6 Å². The van der Waals surface area contributed by atoms with Crippen LogP contribution in [0.2, 0.25) is 0 Å². The molecular formula is C25H30N4O3. The number of benzene rings is 2. The van der Waals surface area contributed by atoms with Crippen LogP contribution < -0.4 is 20.1 Å². The number of nitrogens with one attached hydrogen (secondary N) is 2. The van der Waals surface area contributed by atoms with Gasteiger partial charge in [0, 0.05) is 29.1 Å². The number of carbonyl (C=O) groups is 1. The van der Waals surface area contributed by atoms with Crippen LogP contribution in [0, 0.1) is 19.8 Å². The van der Waals surface area contributed by atoms with Crippen molar-refractivity contribution in [2.75, 3.05) is 25.5 Å². The smallest absolute Gasteiger partial charge is 0.311 e. The summed E-state index contributed by atoms with van der Waals surface area (Å²) in [5, 5.41) is 7.52.